The Balaban J connectivity index is 2.11. The van der Waals surface area contributed by atoms with E-state index in [-0.39, 0.29) is 15.7 Å². The van der Waals surface area contributed by atoms with Crippen molar-refractivity contribution in [3.8, 4) is 5.75 Å². The molecule has 1 N–H and O–H groups in total. The smallest absolute Gasteiger partial charge is 0.422 e. The molecular formula is C22H16ClF4NO8. The molecule has 1 aliphatic heterocycles. The molecule has 0 radical (unpaired) electrons. The summed E-state index contributed by atoms with van der Waals surface area (Å²) >= 11 is 5.95. The van der Waals surface area contributed by atoms with Gasteiger partial charge in [0.15, 0.2) is 12.7 Å². The number of methoxy groups -OCH3 is 1. The molecule has 0 saturated carbocycles. The van der Waals surface area contributed by atoms with Crippen molar-refractivity contribution in [2.45, 2.75) is 24.9 Å². The van der Waals surface area contributed by atoms with E-state index < -0.39 is 70.9 Å². The summed E-state index contributed by atoms with van der Waals surface area (Å²) in [7, 11) is 1.15. The number of carboxylic acids is 1. The zero-order valence-corrected chi connectivity index (χ0v) is 19.1. The first-order valence-electron chi connectivity index (χ1n) is 9.90. The first-order valence-corrected chi connectivity index (χ1v) is 10.3. The average Bonchev–Trinajstić information content (AvgIpc) is 3.03. The van der Waals surface area contributed by atoms with E-state index in [9.17, 15) is 32.3 Å². The molecule has 1 aliphatic rings. The Hall–Kier alpha value is -3.87. The van der Waals surface area contributed by atoms with Crippen LogP contribution in [0, 0.1) is 0 Å². The van der Waals surface area contributed by atoms with Crippen LogP contribution < -0.4 is 9.64 Å². The first-order chi connectivity index (χ1) is 16.7. The molecule has 3 rings (SSSR count). The maximum Gasteiger partial charge on any atom is 0.422 e. The summed E-state index contributed by atoms with van der Waals surface area (Å²) in [5, 5.41) is 8.53. The molecule has 2 aromatic rings. The van der Waals surface area contributed by atoms with Gasteiger partial charge in [0.1, 0.15) is 5.75 Å². The lowest BCUT2D eigenvalue weighted by Crippen LogP contribution is -2.44. The van der Waals surface area contributed by atoms with Gasteiger partial charge in [-0.2, -0.15) is 13.2 Å². The Labute approximate surface area is 205 Å². The second-order valence-corrected chi connectivity index (χ2v) is 7.84. The normalized spacial score (nSPS) is 17.9. The summed E-state index contributed by atoms with van der Waals surface area (Å²) in [6, 6.07) is 5.14. The third-order valence-electron chi connectivity index (χ3n) is 5.10. The van der Waals surface area contributed by atoms with Crippen molar-refractivity contribution >= 4 is 41.2 Å². The third-order valence-corrected chi connectivity index (χ3v) is 5.33. The molecular weight excluding hydrogens is 518 g/mol. The fraction of sp³-hybridized carbons (Fsp3) is 0.273. The van der Waals surface area contributed by atoms with E-state index in [1.165, 1.54) is 12.1 Å². The molecule has 0 aromatic heterocycles. The molecule has 2 atom stereocenters. The zero-order valence-electron chi connectivity index (χ0n) is 18.4. The van der Waals surface area contributed by atoms with Crippen molar-refractivity contribution in [3.05, 3.63) is 58.1 Å². The van der Waals surface area contributed by atoms with Crippen molar-refractivity contribution in [1.29, 1.82) is 0 Å². The van der Waals surface area contributed by atoms with E-state index in [4.69, 9.17) is 26.2 Å². The number of hydrogen-bond donors (Lipinski definition) is 1. The van der Waals surface area contributed by atoms with Crippen LogP contribution >= 0.6 is 11.6 Å². The van der Waals surface area contributed by atoms with E-state index in [0.717, 1.165) is 20.1 Å². The highest BCUT2D eigenvalue weighted by atomic mass is 35.5. The Bertz CT molecular complexity index is 1250. The van der Waals surface area contributed by atoms with Crippen LogP contribution in [0.2, 0.25) is 5.02 Å². The van der Waals surface area contributed by atoms with Crippen LogP contribution in [0.25, 0.3) is 0 Å². The molecule has 192 valence electrons. The zero-order chi connectivity index (χ0) is 27.0. The summed E-state index contributed by atoms with van der Waals surface area (Å²) in [6.45, 7) is -0.109. The van der Waals surface area contributed by atoms with Crippen LogP contribution in [0.15, 0.2) is 36.4 Å². The molecule has 0 aliphatic carbocycles. The standard InChI is InChI=1S/C22H16ClF4NO8/c1-10(18(31)35-9-17(29)30)36-20(33)28-15-7-11(22(25,26)27)3-5-13(15)21(24,19(28)32)14-8-12(23)4-6-16(14)34-2/h3-8,10H,9H2,1-2H3,(H,29,30). The number of carbonyl (C=O) groups excluding carboxylic acids is 3. The van der Waals surface area contributed by atoms with E-state index in [2.05, 4.69) is 4.74 Å². The highest BCUT2D eigenvalue weighted by molar-refractivity contribution is 6.31. The van der Waals surface area contributed by atoms with Gasteiger partial charge in [0.2, 0.25) is 5.67 Å². The number of carbonyl (C=O) groups is 4. The van der Waals surface area contributed by atoms with Gasteiger partial charge in [0.05, 0.1) is 18.4 Å². The topological polar surface area (TPSA) is 119 Å². The van der Waals surface area contributed by atoms with Gasteiger partial charge in [0.25, 0.3) is 5.91 Å². The van der Waals surface area contributed by atoms with E-state index in [1.807, 2.05) is 0 Å². The summed E-state index contributed by atoms with van der Waals surface area (Å²) in [5.74, 6) is -4.69. The third kappa shape index (κ3) is 4.78. The van der Waals surface area contributed by atoms with Crippen LogP contribution in [0.3, 0.4) is 0 Å². The van der Waals surface area contributed by atoms with Crippen LogP contribution in [0.1, 0.15) is 23.6 Å². The van der Waals surface area contributed by atoms with Crippen LogP contribution in [0.5, 0.6) is 5.75 Å². The molecule has 9 nitrogen and oxygen atoms in total. The van der Waals surface area contributed by atoms with Gasteiger partial charge >= 0.3 is 24.2 Å². The van der Waals surface area contributed by atoms with Crippen molar-refractivity contribution in [2.24, 2.45) is 0 Å². The number of nitrogens with zero attached hydrogens (tertiary/aromatic N) is 1. The number of alkyl halides is 4. The van der Waals surface area contributed by atoms with E-state index in [0.29, 0.717) is 18.2 Å². The van der Waals surface area contributed by atoms with Gasteiger partial charge in [-0.1, -0.05) is 17.7 Å². The summed E-state index contributed by atoms with van der Waals surface area (Å²) < 4.78 is 71.0. The van der Waals surface area contributed by atoms with Crippen molar-refractivity contribution in [1.82, 2.24) is 0 Å². The predicted octanol–water partition coefficient (Wildman–Crippen LogP) is 4.08. The number of benzene rings is 2. The highest BCUT2D eigenvalue weighted by Gasteiger charge is 2.58. The van der Waals surface area contributed by atoms with Gasteiger partial charge in [-0.3, -0.25) is 4.79 Å². The number of carboxylic acid groups (broad SMARTS) is 1. The van der Waals surface area contributed by atoms with Crippen LogP contribution in [-0.4, -0.2) is 48.9 Å². The van der Waals surface area contributed by atoms with Gasteiger partial charge in [-0.15, -0.1) is 0 Å². The minimum absolute atomic E-state index is 0.00585. The molecule has 2 unspecified atom stereocenters. The molecule has 0 fully saturated rings. The van der Waals surface area contributed by atoms with Crippen molar-refractivity contribution in [3.63, 3.8) is 0 Å². The number of halogens is 5. The number of fused-ring (bicyclic) bond motifs is 1. The van der Waals surface area contributed by atoms with Gasteiger partial charge in [-0.05, 0) is 37.3 Å². The Kier molecular flexibility index (Phi) is 7.16. The largest absolute Gasteiger partial charge is 0.496 e. The monoisotopic (exact) mass is 533 g/mol. The summed E-state index contributed by atoms with van der Waals surface area (Å²) in [6.07, 6.45) is -8.42. The molecule has 2 aromatic carbocycles. The number of esters is 1. The predicted molar refractivity (Wildman–Crippen MR) is 113 cm³/mol. The number of rotatable bonds is 6. The Morgan fingerprint density at radius 3 is 2.39 bits per heavy atom. The minimum Gasteiger partial charge on any atom is -0.496 e. The number of ether oxygens (including phenoxy) is 3. The SMILES string of the molecule is COc1ccc(Cl)cc1C1(F)C(=O)N(C(=O)OC(C)C(=O)OCC(=O)O)c2cc(C(F)(F)F)ccc21. The second kappa shape index (κ2) is 9.64. The number of aliphatic carboxylic acids is 1. The number of anilines is 1. The van der Waals surface area contributed by atoms with Gasteiger partial charge < -0.3 is 19.3 Å². The molecule has 36 heavy (non-hydrogen) atoms. The van der Waals surface area contributed by atoms with Crippen molar-refractivity contribution < 1.29 is 56.1 Å². The Morgan fingerprint density at radius 2 is 1.81 bits per heavy atom. The van der Waals surface area contributed by atoms with Crippen LogP contribution in [0.4, 0.5) is 28.0 Å². The lowest BCUT2D eigenvalue weighted by Gasteiger charge is -2.23. The lowest BCUT2D eigenvalue weighted by molar-refractivity contribution is -0.160. The Morgan fingerprint density at radius 1 is 1.14 bits per heavy atom. The average molecular weight is 534 g/mol. The molecule has 0 saturated heterocycles. The highest BCUT2D eigenvalue weighted by Crippen LogP contribution is 2.51. The lowest BCUT2D eigenvalue weighted by atomic mass is 9.88. The maximum atomic E-state index is 16.6. The molecule has 0 bridgehead atoms. The quantitative estimate of drug-likeness (QED) is 0.436. The fourth-order valence-corrected chi connectivity index (χ4v) is 3.63. The van der Waals surface area contributed by atoms with Crippen molar-refractivity contribution in [2.75, 3.05) is 18.6 Å². The number of imide groups is 1. The molecule has 2 amide bonds. The summed E-state index contributed by atoms with van der Waals surface area (Å²) in [5.41, 5.74) is -6.47. The van der Waals surface area contributed by atoms with E-state index >= 15 is 4.39 Å². The molecule has 1 heterocycles. The van der Waals surface area contributed by atoms with E-state index in [1.54, 1.807) is 0 Å². The second-order valence-electron chi connectivity index (χ2n) is 7.40. The van der Waals surface area contributed by atoms with Crippen LogP contribution in [-0.2, 0) is 35.7 Å². The molecule has 14 heteroatoms. The maximum absolute atomic E-state index is 16.6. The summed E-state index contributed by atoms with van der Waals surface area (Å²) in [4.78, 5) is 48.5. The molecule has 0 spiro atoms. The fourth-order valence-electron chi connectivity index (χ4n) is 3.46. The van der Waals surface area contributed by atoms with Gasteiger partial charge in [-0.25, -0.2) is 23.7 Å². The minimum atomic E-state index is -4.92. The van der Waals surface area contributed by atoms with Gasteiger partial charge in [0, 0.05) is 16.1 Å². The number of hydrogen-bond acceptors (Lipinski definition) is 7. The number of amides is 2. The first kappa shape index (κ1) is 26.7.